The minimum absolute atomic E-state index is 0.0736. The number of rotatable bonds is 8. The predicted molar refractivity (Wildman–Crippen MR) is 108 cm³/mol. The number of carbonyl (C=O) groups excluding carboxylic acids is 2. The number of hydrogen-bond donors (Lipinski definition) is 2. The summed E-state index contributed by atoms with van der Waals surface area (Å²) in [5, 5.41) is 5.96. The van der Waals surface area contributed by atoms with Gasteiger partial charge >= 0.3 is 0 Å². The van der Waals surface area contributed by atoms with Crippen molar-refractivity contribution in [2.45, 2.75) is 12.5 Å². The van der Waals surface area contributed by atoms with Crippen LogP contribution in [-0.4, -0.2) is 56.1 Å². The summed E-state index contributed by atoms with van der Waals surface area (Å²) in [5.74, 6) is -0.258. The summed E-state index contributed by atoms with van der Waals surface area (Å²) < 4.78 is 5.33. The molecule has 1 heterocycles. The van der Waals surface area contributed by atoms with Crippen LogP contribution in [0.25, 0.3) is 0 Å². The molecule has 2 aromatic rings. The Morgan fingerprint density at radius 1 is 0.964 bits per heavy atom. The lowest BCUT2D eigenvalue weighted by atomic mass is 10.0. The average Bonchev–Trinajstić information content (AvgIpc) is 2.75. The van der Waals surface area contributed by atoms with Gasteiger partial charge < -0.3 is 15.4 Å². The molecule has 0 aliphatic carbocycles. The first-order chi connectivity index (χ1) is 13.7. The third-order valence-electron chi connectivity index (χ3n) is 4.79. The first kappa shape index (κ1) is 20.0. The lowest BCUT2D eigenvalue weighted by Gasteiger charge is -2.26. The van der Waals surface area contributed by atoms with Crippen molar-refractivity contribution < 1.29 is 14.3 Å². The molecule has 28 heavy (non-hydrogen) atoms. The van der Waals surface area contributed by atoms with Crippen LogP contribution < -0.4 is 10.6 Å². The normalized spacial score (nSPS) is 15.6. The smallest absolute Gasteiger partial charge is 0.251 e. The lowest BCUT2D eigenvalue weighted by Crippen LogP contribution is -2.42. The molecule has 1 fully saturated rings. The Kier molecular flexibility index (Phi) is 7.58. The number of carbonyl (C=O) groups is 2. The van der Waals surface area contributed by atoms with Gasteiger partial charge in [0.2, 0.25) is 5.91 Å². The molecular weight excluding hydrogens is 354 g/mol. The van der Waals surface area contributed by atoms with Gasteiger partial charge in [-0.1, -0.05) is 48.5 Å². The van der Waals surface area contributed by atoms with Gasteiger partial charge in [0.25, 0.3) is 5.91 Å². The highest BCUT2D eigenvalue weighted by atomic mass is 16.5. The van der Waals surface area contributed by atoms with E-state index in [1.165, 1.54) is 0 Å². The van der Waals surface area contributed by atoms with Crippen molar-refractivity contribution in [1.29, 1.82) is 0 Å². The Bertz CT molecular complexity index is 746. The van der Waals surface area contributed by atoms with Gasteiger partial charge in [0.05, 0.1) is 25.7 Å². The van der Waals surface area contributed by atoms with Crippen LogP contribution in [-0.2, 0) is 9.53 Å². The average molecular weight is 381 g/mol. The number of nitrogens with zero attached hydrogens (tertiary/aromatic N) is 1. The Hall–Kier alpha value is -2.70. The summed E-state index contributed by atoms with van der Waals surface area (Å²) >= 11 is 0. The molecule has 6 heteroatoms. The fraction of sp³-hybridized carbons (Fsp3) is 0.364. The predicted octanol–water partition coefficient (Wildman–Crippen LogP) is 2.00. The lowest BCUT2D eigenvalue weighted by molar-refractivity contribution is -0.121. The molecule has 1 unspecified atom stereocenters. The molecular formula is C22H27N3O3. The molecule has 0 saturated carbocycles. The third kappa shape index (κ3) is 6.18. The molecule has 0 spiro atoms. The van der Waals surface area contributed by atoms with E-state index in [0.717, 1.165) is 38.4 Å². The van der Waals surface area contributed by atoms with Crippen LogP contribution in [0.15, 0.2) is 60.7 Å². The SMILES string of the molecule is O=C(CC(NC(=O)c1ccccc1)c1ccccc1)NCCN1CCOCC1. The van der Waals surface area contributed by atoms with E-state index in [-0.39, 0.29) is 24.3 Å². The van der Waals surface area contributed by atoms with E-state index in [9.17, 15) is 9.59 Å². The van der Waals surface area contributed by atoms with Crippen LogP contribution in [0.5, 0.6) is 0 Å². The van der Waals surface area contributed by atoms with Crippen molar-refractivity contribution in [1.82, 2.24) is 15.5 Å². The Balaban J connectivity index is 1.56. The highest BCUT2D eigenvalue weighted by molar-refractivity contribution is 5.94. The van der Waals surface area contributed by atoms with E-state index in [2.05, 4.69) is 15.5 Å². The summed E-state index contributed by atoms with van der Waals surface area (Å²) in [6.45, 7) is 4.69. The minimum atomic E-state index is -0.378. The number of ether oxygens (including phenoxy) is 1. The quantitative estimate of drug-likeness (QED) is 0.734. The monoisotopic (exact) mass is 381 g/mol. The number of benzene rings is 2. The van der Waals surface area contributed by atoms with E-state index >= 15 is 0 Å². The van der Waals surface area contributed by atoms with Gasteiger partial charge in [-0.05, 0) is 17.7 Å². The molecule has 2 N–H and O–H groups in total. The number of nitrogens with one attached hydrogen (secondary N) is 2. The maximum Gasteiger partial charge on any atom is 0.251 e. The first-order valence-electron chi connectivity index (χ1n) is 9.70. The Morgan fingerprint density at radius 3 is 2.29 bits per heavy atom. The molecule has 0 aromatic heterocycles. The van der Waals surface area contributed by atoms with Gasteiger partial charge in [-0.25, -0.2) is 0 Å². The van der Waals surface area contributed by atoms with Crippen molar-refractivity contribution in [2.24, 2.45) is 0 Å². The van der Waals surface area contributed by atoms with Gasteiger partial charge in [0.15, 0.2) is 0 Å². The standard InChI is InChI=1S/C22H27N3O3/c26-21(23-11-12-25-13-15-28-16-14-25)17-20(18-7-3-1-4-8-18)24-22(27)19-9-5-2-6-10-19/h1-10,20H,11-17H2,(H,23,26)(H,24,27). The minimum Gasteiger partial charge on any atom is -0.379 e. The fourth-order valence-corrected chi connectivity index (χ4v) is 3.20. The van der Waals surface area contributed by atoms with Crippen LogP contribution >= 0.6 is 0 Å². The van der Waals surface area contributed by atoms with Gasteiger partial charge in [-0.2, -0.15) is 0 Å². The molecule has 0 bridgehead atoms. The highest BCUT2D eigenvalue weighted by Crippen LogP contribution is 2.17. The maximum atomic E-state index is 12.6. The van der Waals surface area contributed by atoms with Crippen LogP contribution in [0.2, 0.25) is 0 Å². The second kappa shape index (κ2) is 10.6. The molecule has 1 aliphatic heterocycles. The summed E-state index contributed by atoms with van der Waals surface area (Å²) in [6.07, 6.45) is 0.200. The summed E-state index contributed by atoms with van der Waals surface area (Å²) in [5.41, 5.74) is 1.49. The van der Waals surface area contributed by atoms with Crippen molar-refractivity contribution >= 4 is 11.8 Å². The first-order valence-corrected chi connectivity index (χ1v) is 9.70. The Morgan fingerprint density at radius 2 is 1.61 bits per heavy atom. The van der Waals surface area contributed by atoms with Crippen molar-refractivity contribution in [3.63, 3.8) is 0 Å². The number of hydrogen-bond acceptors (Lipinski definition) is 4. The molecule has 6 nitrogen and oxygen atoms in total. The maximum absolute atomic E-state index is 12.6. The van der Waals surface area contributed by atoms with E-state index in [4.69, 9.17) is 4.74 Å². The summed E-state index contributed by atoms with van der Waals surface area (Å²) in [4.78, 5) is 27.3. The fourth-order valence-electron chi connectivity index (χ4n) is 3.20. The third-order valence-corrected chi connectivity index (χ3v) is 4.79. The van der Waals surface area contributed by atoms with Gasteiger partial charge in [0.1, 0.15) is 0 Å². The zero-order valence-corrected chi connectivity index (χ0v) is 16.0. The molecule has 3 rings (SSSR count). The Labute approximate surface area is 165 Å². The molecule has 148 valence electrons. The second-order valence-corrected chi connectivity index (χ2v) is 6.81. The largest absolute Gasteiger partial charge is 0.379 e. The van der Waals surface area contributed by atoms with Crippen molar-refractivity contribution in [3.8, 4) is 0 Å². The van der Waals surface area contributed by atoms with E-state index in [1.54, 1.807) is 12.1 Å². The van der Waals surface area contributed by atoms with Gasteiger partial charge in [-0.3, -0.25) is 14.5 Å². The van der Waals surface area contributed by atoms with Crippen LogP contribution in [0.1, 0.15) is 28.4 Å². The summed E-state index contributed by atoms with van der Waals surface area (Å²) in [6, 6.07) is 18.3. The summed E-state index contributed by atoms with van der Waals surface area (Å²) in [7, 11) is 0. The zero-order valence-electron chi connectivity index (χ0n) is 16.0. The van der Waals surface area contributed by atoms with E-state index in [0.29, 0.717) is 12.1 Å². The molecule has 0 radical (unpaired) electrons. The van der Waals surface area contributed by atoms with Crippen molar-refractivity contribution in [3.05, 3.63) is 71.8 Å². The molecule has 1 saturated heterocycles. The molecule has 1 atom stereocenters. The topological polar surface area (TPSA) is 70.7 Å². The van der Waals surface area contributed by atoms with Crippen LogP contribution in [0.3, 0.4) is 0 Å². The van der Waals surface area contributed by atoms with Crippen LogP contribution in [0, 0.1) is 0 Å². The zero-order chi connectivity index (χ0) is 19.6. The highest BCUT2D eigenvalue weighted by Gasteiger charge is 2.19. The van der Waals surface area contributed by atoms with Gasteiger partial charge in [-0.15, -0.1) is 0 Å². The number of amides is 2. The van der Waals surface area contributed by atoms with Crippen molar-refractivity contribution in [2.75, 3.05) is 39.4 Å². The van der Waals surface area contributed by atoms with E-state index < -0.39 is 0 Å². The second-order valence-electron chi connectivity index (χ2n) is 6.81. The molecule has 2 amide bonds. The van der Waals surface area contributed by atoms with E-state index in [1.807, 2.05) is 48.5 Å². The molecule has 1 aliphatic rings. The molecule has 2 aromatic carbocycles. The van der Waals surface area contributed by atoms with Gasteiger partial charge in [0, 0.05) is 31.7 Å². The number of morpholine rings is 1. The van der Waals surface area contributed by atoms with Crippen LogP contribution in [0.4, 0.5) is 0 Å².